The highest BCUT2D eigenvalue weighted by Gasteiger charge is 2.42. The number of benzene rings is 2. The number of amides is 1. The molecule has 0 spiro atoms. The van der Waals surface area contributed by atoms with Crippen LogP contribution in [-0.2, 0) is 4.74 Å². The Bertz CT molecular complexity index is 1220. The number of carbonyl (C=O) groups excluding carboxylic acids is 1. The van der Waals surface area contributed by atoms with Gasteiger partial charge in [-0.15, -0.1) is 0 Å². The van der Waals surface area contributed by atoms with Gasteiger partial charge in [-0.3, -0.25) is 9.59 Å². The molecule has 4 rings (SSSR count). The maximum Gasteiger partial charge on any atom is 0.290 e. The fourth-order valence-electron chi connectivity index (χ4n) is 4.20. The summed E-state index contributed by atoms with van der Waals surface area (Å²) in [7, 11) is 0. The molecule has 2 heterocycles. The summed E-state index contributed by atoms with van der Waals surface area (Å²) >= 11 is 6.15. The number of carbonyl (C=O) groups is 1. The molecule has 180 valence electrons. The van der Waals surface area contributed by atoms with E-state index < -0.39 is 6.04 Å². The topological polar surface area (TPSA) is 69.0 Å². The van der Waals surface area contributed by atoms with Crippen LogP contribution in [0.15, 0.2) is 51.7 Å². The lowest BCUT2D eigenvalue weighted by Crippen LogP contribution is -2.31. The summed E-state index contributed by atoms with van der Waals surface area (Å²) in [5.74, 6) is 0.565. The molecule has 0 N–H and O–H groups in total. The third-order valence-corrected chi connectivity index (χ3v) is 6.12. The van der Waals surface area contributed by atoms with E-state index in [1.54, 1.807) is 23.1 Å². The van der Waals surface area contributed by atoms with Crippen LogP contribution < -0.4 is 10.2 Å². The molecule has 2 aromatic carbocycles. The standard InChI is InChI=1S/C27H30ClNO5/c1-4-5-14-33-20-10-7-18(8-11-20)24-23-25(30)21-16-19(28)9-12-22(21)34-26(23)27(31)29(24)13-6-15-32-17(2)3/h7-12,16-17,24H,4-6,13-15H2,1-3H3. The average molecular weight is 484 g/mol. The van der Waals surface area contributed by atoms with Crippen LogP contribution in [0.3, 0.4) is 0 Å². The van der Waals surface area contributed by atoms with Gasteiger partial charge in [-0.1, -0.05) is 37.1 Å². The van der Waals surface area contributed by atoms with Crippen molar-refractivity contribution >= 4 is 28.5 Å². The van der Waals surface area contributed by atoms with E-state index in [1.807, 2.05) is 38.1 Å². The number of nitrogens with zero attached hydrogens (tertiary/aromatic N) is 1. The third-order valence-electron chi connectivity index (χ3n) is 5.88. The van der Waals surface area contributed by atoms with Crippen LogP contribution in [0, 0.1) is 0 Å². The molecule has 0 saturated heterocycles. The van der Waals surface area contributed by atoms with Crippen molar-refractivity contribution in [3.8, 4) is 5.75 Å². The van der Waals surface area contributed by atoms with E-state index in [-0.39, 0.29) is 23.2 Å². The van der Waals surface area contributed by atoms with Gasteiger partial charge < -0.3 is 18.8 Å². The Morgan fingerprint density at radius 1 is 1.06 bits per heavy atom. The number of hydrogen-bond donors (Lipinski definition) is 0. The number of hydrogen-bond acceptors (Lipinski definition) is 5. The summed E-state index contributed by atoms with van der Waals surface area (Å²) in [6.45, 7) is 7.68. The Hall–Kier alpha value is -2.83. The maximum absolute atomic E-state index is 13.6. The lowest BCUT2D eigenvalue weighted by molar-refractivity contribution is 0.0593. The predicted molar refractivity (Wildman–Crippen MR) is 133 cm³/mol. The van der Waals surface area contributed by atoms with E-state index in [4.69, 9.17) is 25.5 Å². The minimum absolute atomic E-state index is 0.0953. The van der Waals surface area contributed by atoms with Crippen LogP contribution in [0.4, 0.5) is 0 Å². The van der Waals surface area contributed by atoms with E-state index in [1.165, 1.54) is 0 Å². The Kier molecular flexibility index (Phi) is 7.59. The second-order valence-electron chi connectivity index (χ2n) is 8.76. The summed E-state index contributed by atoms with van der Waals surface area (Å²) in [5.41, 5.74) is 1.30. The van der Waals surface area contributed by atoms with Crippen LogP contribution in [-0.4, -0.2) is 36.7 Å². The third kappa shape index (κ3) is 4.98. The van der Waals surface area contributed by atoms with Crippen LogP contribution in [0.25, 0.3) is 11.0 Å². The molecule has 0 aliphatic carbocycles. The molecule has 1 atom stereocenters. The molecule has 34 heavy (non-hydrogen) atoms. The lowest BCUT2D eigenvalue weighted by Gasteiger charge is -2.25. The van der Waals surface area contributed by atoms with E-state index in [0.717, 1.165) is 24.2 Å². The average Bonchev–Trinajstić information content (AvgIpc) is 3.09. The second kappa shape index (κ2) is 10.6. The van der Waals surface area contributed by atoms with Gasteiger partial charge in [0.25, 0.3) is 5.91 Å². The van der Waals surface area contributed by atoms with Crippen molar-refractivity contribution in [2.45, 2.75) is 52.2 Å². The van der Waals surface area contributed by atoms with Crippen molar-refractivity contribution in [3.05, 3.63) is 74.6 Å². The number of fused-ring (bicyclic) bond motifs is 2. The van der Waals surface area contributed by atoms with Gasteiger partial charge in [0.15, 0.2) is 5.43 Å². The van der Waals surface area contributed by atoms with Crippen LogP contribution in [0.1, 0.15) is 67.8 Å². The molecule has 1 aliphatic rings. The summed E-state index contributed by atoms with van der Waals surface area (Å²) in [6, 6.07) is 11.9. The van der Waals surface area contributed by atoms with Gasteiger partial charge in [0.05, 0.1) is 29.7 Å². The summed E-state index contributed by atoms with van der Waals surface area (Å²) in [4.78, 5) is 28.7. The molecule has 6 nitrogen and oxygen atoms in total. The Labute approximate surface area is 204 Å². The van der Waals surface area contributed by atoms with Gasteiger partial charge in [-0.2, -0.15) is 0 Å². The van der Waals surface area contributed by atoms with Crippen LogP contribution in [0.5, 0.6) is 5.75 Å². The Balaban J connectivity index is 1.73. The van der Waals surface area contributed by atoms with E-state index in [9.17, 15) is 9.59 Å². The van der Waals surface area contributed by atoms with Crippen molar-refractivity contribution in [2.75, 3.05) is 19.8 Å². The van der Waals surface area contributed by atoms with E-state index >= 15 is 0 Å². The van der Waals surface area contributed by atoms with Crippen molar-refractivity contribution in [2.24, 2.45) is 0 Å². The van der Waals surface area contributed by atoms with E-state index in [0.29, 0.717) is 47.7 Å². The first-order valence-corrected chi connectivity index (χ1v) is 12.2. The zero-order valence-corrected chi connectivity index (χ0v) is 20.6. The number of ether oxygens (including phenoxy) is 2. The zero-order chi connectivity index (χ0) is 24.2. The van der Waals surface area contributed by atoms with Crippen LogP contribution in [0.2, 0.25) is 5.02 Å². The van der Waals surface area contributed by atoms with Crippen molar-refractivity contribution in [1.29, 1.82) is 0 Å². The molecule has 3 aromatic rings. The number of halogens is 1. The largest absolute Gasteiger partial charge is 0.494 e. The highest BCUT2D eigenvalue weighted by Crippen LogP contribution is 2.39. The Morgan fingerprint density at radius 3 is 2.53 bits per heavy atom. The first kappa shape index (κ1) is 24.3. The molecule has 7 heteroatoms. The molecule has 0 fully saturated rings. The molecule has 0 bridgehead atoms. The lowest BCUT2D eigenvalue weighted by atomic mass is 9.98. The van der Waals surface area contributed by atoms with Crippen LogP contribution >= 0.6 is 11.6 Å². The highest BCUT2D eigenvalue weighted by atomic mass is 35.5. The molecule has 1 aliphatic heterocycles. The first-order chi connectivity index (χ1) is 16.4. The SMILES string of the molecule is CCCCOc1ccc(C2c3c(oc4ccc(Cl)cc4c3=O)C(=O)N2CCCOC(C)C)cc1. The number of rotatable bonds is 10. The molecule has 1 amide bonds. The minimum Gasteiger partial charge on any atom is -0.494 e. The first-order valence-electron chi connectivity index (χ1n) is 11.8. The fourth-order valence-corrected chi connectivity index (χ4v) is 4.38. The highest BCUT2D eigenvalue weighted by molar-refractivity contribution is 6.31. The quantitative estimate of drug-likeness (QED) is 0.331. The van der Waals surface area contributed by atoms with Crippen molar-refractivity contribution in [3.63, 3.8) is 0 Å². The van der Waals surface area contributed by atoms with Gasteiger partial charge in [0.1, 0.15) is 11.3 Å². The fraction of sp³-hybridized carbons (Fsp3) is 0.407. The predicted octanol–water partition coefficient (Wildman–Crippen LogP) is 5.99. The van der Waals surface area contributed by atoms with Gasteiger partial charge in [0, 0.05) is 18.2 Å². The molecule has 1 aromatic heterocycles. The van der Waals surface area contributed by atoms with Crippen molar-refractivity contribution < 1.29 is 18.7 Å². The van der Waals surface area contributed by atoms with Gasteiger partial charge in [-0.05, 0) is 62.6 Å². The Morgan fingerprint density at radius 2 is 1.82 bits per heavy atom. The smallest absolute Gasteiger partial charge is 0.290 e. The molecule has 0 saturated carbocycles. The number of unbranched alkanes of at least 4 members (excludes halogenated alkanes) is 1. The van der Waals surface area contributed by atoms with Gasteiger partial charge in [-0.25, -0.2) is 0 Å². The zero-order valence-electron chi connectivity index (χ0n) is 19.8. The van der Waals surface area contributed by atoms with E-state index in [2.05, 4.69) is 6.92 Å². The van der Waals surface area contributed by atoms with Crippen molar-refractivity contribution in [1.82, 2.24) is 4.90 Å². The van der Waals surface area contributed by atoms with Gasteiger partial charge >= 0.3 is 0 Å². The molecular weight excluding hydrogens is 454 g/mol. The second-order valence-corrected chi connectivity index (χ2v) is 9.20. The normalized spacial score (nSPS) is 15.4. The summed E-state index contributed by atoms with van der Waals surface area (Å²) < 4.78 is 17.4. The monoisotopic (exact) mass is 483 g/mol. The minimum atomic E-state index is -0.550. The summed E-state index contributed by atoms with van der Waals surface area (Å²) in [6.07, 6.45) is 2.80. The molecular formula is C27H30ClNO5. The van der Waals surface area contributed by atoms with Gasteiger partial charge in [0.2, 0.25) is 5.76 Å². The molecule has 0 radical (unpaired) electrons. The molecule has 1 unspecified atom stereocenters. The maximum atomic E-state index is 13.6. The summed E-state index contributed by atoms with van der Waals surface area (Å²) in [5, 5.41) is 0.811.